The Morgan fingerprint density at radius 2 is 0.567 bits per heavy atom. The summed E-state index contributed by atoms with van der Waals surface area (Å²) in [6, 6.07) is 0. The van der Waals surface area contributed by atoms with Gasteiger partial charge in [-0.25, -0.2) is 0 Å². The smallest absolute Gasteiger partial charge is 0.0841 e. The molecule has 0 aliphatic carbocycles. The maximum atomic E-state index is 5.87. The number of unbranched alkanes of at least 4 members (excludes halogenated alkanes) is 21. The summed E-state index contributed by atoms with van der Waals surface area (Å²) in [4.78, 5) is 0. The van der Waals surface area contributed by atoms with Gasteiger partial charge in [0.2, 0.25) is 0 Å². The topological polar surface area (TPSA) is 12.5 Å². The molecule has 180 valence electrons. The molecule has 0 aromatic rings. The zero-order valence-electron chi connectivity index (χ0n) is 21.2. The lowest BCUT2D eigenvalue weighted by Gasteiger charge is -2.03. The fraction of sp³-hybridized carbons (Fsp3) is 1.00. The molecular formula is C29H58O. The van der Waals surface area contributed by atoms with Crippen LogP contribution >= 0.6 is 0 Å². The van der Waals surface area contributed by atoms with Gasteiger partial charge >= 0.3 is 0 Å². The highest BCUT2D eigenvalue weighted by atomic mass is 16.6. The Bertz CT molecular complexity index is 326. The average molecular weight is 423 g/mol. The molecule has 0 N–H and O–H groups in total. The molecule has 30 heavy (non-hydrogen) atoms. The number of epoxide rings is 1. The van der Waals surface area contributed by atoms with E-state index in [0.717, 1.165) is 0 Å². The quantitative estimate of drug-likeness (QED) is 0.105. The number of rotatable bonds is 25. The lowest BCUT2D eigenvalue weighted by Crippen LogP contribution is -1.94. The van der Waals surface area contributed by atoms with Gasteiger partial charge in [-0.2, -0.15) is 0 Å². The molecule has 0 unspecified atom stereocenters. The highest BCUT2D eigenvalue weighted by molar-refractivity contribution is 4.84. The van der Waals surface area contributed by atoms with Crippen LogP contribution in [0.25, 0.3) is 0 Å². The maximum Gasteiger partial charge on any atom is 0.0841 e. The summed E-state index contributed by atoms with van der Waals surface area (Å²) in [7, 11) is 0. The molecule has 1 nitrogen and oxygen atoms in total. The number of hydrogen-bond donors (Lipinski definition) is 0. The Hall–Kier alpha value is -0.0400. The number of hydrogen-bond acceptors (Lipinski definition) is 1. The summed E-state index contributed by atoms with van der Waals surface area (Å²) < 4.78 is 5.87. The molecule has 0 bridgehead atoms. The van der Waals surface area contributed by atoms with Crippen molar-refractivity contribution in [3.05, 3.63) is 0 Å². The van der Waals surface area contributed by atoms with E-state index in [-0.39, 0.29) is 0 Å². The van der Waals surface area contributed by atoms with Crippen molar-refractivity contribution in [3.8, 4) is 0 Å². The average Bonchev–Trinajstić information content (AvgIpc) is 3.51. The largest absolute Gasteiger partial charge is 0.370 e. The molecule has 0 spiro atoms. The van der Waals surface area contributed by atoms with Gasteiger partial charge in [-0.3, -0.25) is 0 Å². The van der Waals surface area contributed by atoms with Gasteiger partial charge in [-0.05, 0) is 12.8 Å². The van der Waals surface area contributed by atoms with Gasteiger partial charge in [0.15, 0.2) is 0 Å². The van der Waals surface area contributed by atoms with Crippen LogP contribution in [-0.2, 0) is 4.74 Å². The van der Waals surface area contributed by atoms with Crippen LogP contribution in [0.2, 0.25) is 0 Å². The zero-order chi connectivity index (χ0) is 21.5. The lowest BCUT2D eigenvalue weighted by atomic mass is 10.0. The van der Waals surface area contributed by atoms with Gasteiger partial charge in [0, 0.05) is 0 Å². The Morgan fingerprint density at radius 3 is 0.833 bits per heavy atom. The van der Waals surface area contributed by atoms with E-state index in [1.807, 2.05) is 0 Å². The Labute approximate surface area is 191 Å². The van der Waals surface area contributed by atoms with E-state index in [4.69, 9.17) is 4.74 Å². The SMILES string of the molecule is CCCCCCCCCCCCCCCCCCC[C@H]1O[C@H]1CCCCCCCC. The summed E-state index contributed by atoms with van der Waals surface area (Å²) in [6.07, 6.45) is 37.2. The Morgan fingerprint density at radius 1 is 0.333 bits per heavy atom. The minimum absolute atomic E-state index is 0.636. The van der Waals surface area contributed by atoms with E-state index in [0.29, 0.717) is 12.2 Å². The summed E-state index contributed by atoms with van der Waals surface area (Å²) in [6.45, 7) is 4.60. The predicted octanol–water partition coefficient (Wildman–Crippen LogP) is 10.5. The highest BCUT2D eigenvalue weighted by Crippen LogP contribution is 2.31. The van der Waals surface area contributed by atoms with E-state index in [9.17, 15) is 0 Å². The third-order valence-electron chi connectivity index (χ3n) is 7.12. The summed E-state index contributed by atoms with van der Waals surface area (Å²) in [5.74, 6) is 0. The first-order valence-corrected chi connectivity index (χ1v) is 14.5. The highest BCUT2D eigenvalue weighted by Gasteiger charge is 2.36. The van der Waals surface area contributed by atoms with E-state index in [1.54, 1.807) is 0 Å². The maximum absolute atomic E-state index is 5.87. The second-order valence-electron chi connectivity index (χ2n) is 10.2. The molecule has 1 aliphatic rings. The standard InChI is InChI=1S/C29H58O/c1-3-5-7-9-11-12-13-14-15-16-17-18-19-20-21-23-25-27-29-28(30-29)26-24-22-10-8-6-4-2/h28-29H,3-27H2,1-2H3/t28-,29+/m0/s1. The molecule has 1 aliphatic heterocycles. The van der Waals surface area contributed by atoms with E-state index >= 15 is 0 Å². The predicted molar refractivity (Wildman–Crippen MR) is 135 cm³/mol. The summed E-state index contributed by atoms with van der Waals surface area (Å²) in [5, 5.41) is 0. The zero-order valence-corrected chi connectivity index (χ0v) is 21.2. The first-order chi connectivity index (χ1) is 14.9. The van der Waals surface area contributed by atoms with Crippen LogP contribution in [-0.4, -0.2) is 12.2 Å². The molecule has 2 atom stereocenters. The molecule has 0 aromatic heterocycles. The molecule has 0 aromatic carbocycles. The van der Waals surface area contributed by atoms with Crippen molar-refractivity contribution >= 4 is 0 Å². The van der Waals surface area contributed by atoms with Crippen LogP contribution in [0.3, 0.4) is 0 Å². The molecule has 1 heteroatoms. The first kappa shape index (κ1) is 28.0. The second kappa shape index (κ2) is 22.2. The minimum atomic E-state index is 0.636. The third-order valence-corrected chi connectivity index (χ3v) is 7.12. The fourth-order valence-corrected chi connectivity index (χ4v) is 4.88. The van der Waals surface area contributed by atoms with Crippen LogP contribution in [0.1, 0.15) is 174 Å². The normalized spacial score (nSPS) is 18.2. The molecule has 1 saturated heterocycles. The molecule has 1 heterocycles. The fourth-order valence-electron chi connectivity index (χ4n) is 4.88. The van der Waals surface area contributed by atoms with Crippen LogP contribution in [0.5, 0.6) is 0 Å². The van der Waals surface area contributed by atoms with Gasteiger partial charge in [-0.1, -0.05) is 162 Å². The van der Waals surface area contributed by atoms with E-state index < -0.39 is 0 Å². The van der Waals surface area contributed by atoms with Crippen molar-refractivity contribution in [2.24, 2.45) is 0 Å². The second-order valence-corrected chi connectivity index (χ2v) is 10.2. The van der Waals surface area contributed by atoms with E-state index in [1.165, 1.54) is 161 Å². The monoisotopic (exact) mass is 422 g/mol. The van der Waals surface area contributed by atoms with Crippen molar-refractivity contribution in [3.63, 3.8) is 0 Å². The first-order valence-electron chi connectivity index (χ1n) is 14.5. The summed E-state index contributed by atoms with van der Waals surface area (Å²) in [5.41, 5.74) is 0. The Balaban J connectivity index is 1.66. The van der Waals surface area contributed by atoms with Gasteiger partial charge in [0.05, 0.1) is 12.2 Å². The number of ether oxygens (including phenoxy) is 1. The molecule has 0 saturated carbocycles. The van der Waals surface area contributed by atoms with Gasteiger partial charge < -0.3 is 4.74 Å². The Kier molecular flexibility index (Phi) is 20.7. The van der Waals surface area contributed by atoms with Crippen LogP contribution in [0.4, 0.5) is 0 Å². The summed E-state index contributed by atoms with van der Waals surface area (Å²) >= 11 is 0. The third kappa shape index (κ3) is 18.7. The van der Waals surface area contributed by atoms with Gasteiger partial charge in [0.1, 0.15) is 0 Å². The molecule has 0 amide bonds. The van der Waals surface area contributed by atoms with E-state index in [2.05, 4.69) is 13.8 Å². The van der Waals surface area contributed by atoms with Crippen molar-refractivity contribution in [1.82, 2.24) is 0 Å². The van der Waals surface area contributed by atoms with Crippen LogP contribution in [0.15, 0.2) is 0 Å². The molecule has 1 fully saturated rings. The minimum Gasteiger partial charge on any atom is -0.370 e. The molecule has 0 radical (unpaired) electrons. The van der Waals surface area contributed by atoms with Crippen LogP contribution < -0.4 is 0 Å². The van der Waals surface area contributed by atoms with Crippen molar-refractivity contribution in [2.75, 3.05) is 0 Å². The lowest BCUT2D eigenvalue weighted by molar-refractivity contribution is 0.347. The van der Waals surface area contributed by atoms with Crippen molar-refractivity contribution in [1.29, 1.82) is 0 Å². The van der Waals surface area contributed by atoms with Crippen molar-refractivity contribution < 1.29 is 4.74 Å². The van der Waals surface area contributed by atoms with Crippen molar-refractivity contribution in [2.45, 2.75) is 187 Å². The molecule has 1 rings (SSSR count). The molecular weight excluding hydrogens is 364 g/mol. The van der Waals surface area contributed by atoms with Gasteiger partial charge in [-0.15, -0.1) is 0 Å². The van der Waals surface area contributed by atoms with Gasteiger partial charge in [0.25, 0.3) is 0 Å². The van der Waals surface area contributed by atoms with Crippen LogP contribution in [0, 0.1) is 0 Å².